The number of hydrogen-bond donors (Lipinski definition) is 3. The first-order valence-electron chi connectivity index (χ1n) is 7.25. The first-order valence-corrected chi connectivity index (χ1v) is 7.25. The fourth-order valence-electron chi connectivity index (χ4n) is 2.70. The van der Waals surface area contributed by atoms with E-state index in [0.29, 0.717) is 18.5 Å². The van der Waals surface area contributed by atoms with E-state index in [4.69, 9.17) is 5.11 Å². The van der Waals surface area contributed by atoms with E-state index in [9.17, 15) is 0 Å². The third kappa shape index (κ3) is 2.82. The highest BCUT2D eigenvalue weighted by atomic mass is 16.3. The summed E-state index contributed by atoms with van der Waals surface area (Å²) in [6, 6.07) is 8.42. The predicted molar refractivity (Wildman–Crippen MR) is 81.0 cm³/mol. The molecular weight excluding hydrogens is 252 g/mol. The Kier molecular flexibility index (Phi) is 3.97. The summed E-state index contributed by atoms with van der Waals surface area (Å²) in [7, 11) is 0. The van der Waals surface area contributed by atoms with Crippen LogP contribution < -0.4 is 10.6 Å². The van der Waals surface area contributed by atoms with Crippen molar-refractivity contribution in [2.24, 2.45) is 0 Å². The van der Waals surface area contributed by atoms with E-state index in [1.807, 2.05) is 24.3 Å². The zero-order valence-corrected chi connectivity index (χ0v) is 11.5. The predicted octanol–water partition coefficient (Wildman–Crippen LogP) is 2.39. The molecule has 2 aromatic rings. The molecule has 106 valence electrons. The van der Waals surface area contributed by atoms with Gasteiger partial charge in [-0.1, -0.05) is 25.0 Å². The minimum absolute atomic E-state index is 0.0870. The van der Waals surface area contributed by atoms with Crippen molar-refractivity contribution in [2.45, 2.75) is 31.7 Å². The van der Waals surface area contributed by atoms with Crippen molar-refractivity contribution in [3.63, 3.8) is 0 Å². The van der Waals surface area contributed by atoms with E-state index in [1.54, 1.807) is 0 Å². The van der Waals surface area contributed by atoms with Crippen LogP contribution in [0.5, 0.6) is 0 Å². The number of hydrogen-bond acceptors (Lipinski definition) is 5. The molecule has 3 rings (SSSR count). The van der Waals surface area contributed by atoms with Crippen LogP contribution in [-0.2, 0) is 0 Å². The molecule has 5 nitrogen and oxygen atoms in total. The molecule has 5 heteroatoms. The van der Waals surface area contributed by atoms with Crippen molar-refractivity contribution < 1.29 is 5.11 Å². The molecule has 1 aromatic carbocycles. The van der Waals surface area contributed by atoms with E-state index < -0.39 is 0 Å². The number of aromatic nitrogens is 2. The lowest BCUT2D eigenvalue weighted by Crippen LogP contribution is -2.17. The molecule has 1 fully saturated rings. The van der Waals surface area contributed by atoms with Crippen LogP contribution in [0.4, 0.5) is 11.8 Å². The van der Waals surface area contributed by atoms with Crippen LogP contribution in [0.3, 0.4) is 0 Å². The van der Waals surface area contributed by atoms with Gasteiger partial charge in [0.15, 0.2) is 0 Å². The molecular formula is C15H20N4O. The van der Waals surface area contributed by atoms with Crippen molar-refractivity contribution in [3.8, 4) is 0 Å². The van der Waals surface area contributed by atoms with Gasteiger partial charge < -0.3 is 15.7 Å². The number of benzene rings is 1. The van der Waals surface area contributed by atoms with Crippen LogP contribution in [0.25, 0.3) is 10.9 Å². The van der Waals surface area contributed by atoms with E-state index in [0.717, 1.165) is 16.7 Å². The summed E-state index contributed by atoms with van der Waals surface area (Å²) >= 11 is 0. The highest BCUT2D eigenvalue weighted by Crippen LogP contribution is 2.25. The summed E-state index contributed by atoms with van der Waals surface area (Å²) in [5.74, 6) is 1.46. The second-order valence-corrected chi connectivity index (χ2v) is 5.19. The Bertz CT molecular complexity index is 581. The van der Waals surface area contributed by atoms with E-state index in [1.165, 1.54) is 25.7 Å². The highest BCUT2D eigenvalue weighted by molar-refractivity contribution is 5.90. The van der Waals surface area contributed by atoms with Gasteiger partial charge >= 0.3 is 0 Å². The minimum atomic E-state index is 0.0870. The Morgan fingerprint density at radius 2 is 1.95 bits per heavy atom. The number of aliphatic hydroxyl groups is 1. The minimum Gasteiger partial charge on any atom is -0.395 e. The van der Waals surface area contributed by atoms with E-state index in [-0.39, 0.29) is 6.61 Å². The maximum Gasteiger partial charge on any atom is 0.225 e. The molecule has 0 saturated heterocycles. The molecule has 1 heterocycles. The lowest BCUT2D eigenvalue weighted by atomic mass is 10.2. The van der Waals surface area contributed by atoms with Gasteiger partial charge in [0.1, 0.15) is 5.82 Å². The van der Waals surface area contributed by atoms with Crippen LogP contribution in [0.1, 0.15) is 25.7 Å². The summed E-state index contributed by atoms with van der Waals surface area (Å²) in [4.78, 5) is 9.14. The lowest BCUT2D eigenvalue weighted by Gasteiger charge is -2.14. The van der Waals surface area contributed by atoms with E-state index in [2.05, 4.69) is 20.6 Å². The average Bonchev–Trinajstić information content (AvgIpc) is 2.97. The van der Waals surface area contributed by atoms with Crippen LogP contribution in [0.2, 0.25) is 0 Å². The molecule has 0 radical (unpaired) electrons. The van der Waals surface area contributed by atoms with Crippen LogP contribution in [-0.4, -0.2) is 34.3 Å². The molecule has 1 saturated carbocycles. The van der Waals surface area contributed by atoms with Gasteiger partial charge in [0.25, 0.3) is 0 Å². The Balaban J connectivity index is 1.91. The van der Waals surface area contributed by atoms with Crippen molar-refractivity contribution >= 4 is 22.7 Å². The van der Waals surface area contributed by atoms with Crippen LogP contribution >= 0.6 is 0 Å². The molecule has 1 aromatic heterocycles. The molecule has 0 unspecified atom stereocenters. The third-order valence-electron chi connectivity index (χ3n) is 3.70. The number of aliphatic hydroxyl groups excluding tert-OH is 1. The molecule has 1 aliphatic carbocycles. The second kappa shape index (κ2) is 6.05. The smallest absolute Gasteiger partial charge is 0.225 e. The monoisotopic (exact) mass is 272 g/mol. The number of fused-ring (bicyclic) bond motifs is 1. The summed E-state index contributed by atoms with van der Waals surface area (Å²) in [6.45, 7) is 0.577. The molecule has 0 spiro atoms. The Labute approximate surface area is 118 Å². The number of nitrogens with zero attached hydrogens (tertiary/aromatic N) is 2. The molecule has 0 atom stereocenters. The summed E-state index contributed by atoms with van der Waals surface area (Å²) < 4.78 is 0. The van der Waals surface area contributed by atoms with Gasteiger partial charge in [0, 0.05) is 18.0 Å². The standard InChI is InChI=1S/C15H20N4O/c20-10-9-16-14-12-7-3-4-8-13(12)18-15(19-14)17-11-5-1-2-6-11/h3-4,7-8,11,20H,1-2,5-6,9-10H2,(H2,16,17,18,19). The summed E-state index contributed by atoms with van der Waals surface area (Å²) in [5.41, 5.74) is 0.920. The van der Waals surface area contributed by atoms with Crippen LogP contribution in [0, 0.1) is 0 Å². The normalized spacial score (nSPS) is 15.7. The topological polar surface area (TPSA) is 70.1 Å². The average molecular weight is 272 g/mol. The zero-order valence-electron chi connectivity index (χ0n) is 11.5. The summed E-state index contributed by atoms with van der Waals surface area (Å²) in [5, 5.41) is 16.5. The first-order chi connectivity index (χ1) is 9.86. The van der Waals surface area contributed by atoms with Gasteiger partial charge in [0.2, 0.25) is 5.95 Å². The van der Waals surface area contributed by atoms with Gasteiger partial charge in [0.05, 0.1) is 12.1 Å². The Morgan fingerprint density at radius 1 is 1.15 bits per heavy atom. The third-order valence-corrected chi connectivity index (χ3v) is 3.70. The number of nitrogens with one attached hydrogen (secondary N) is 2. The number of anilines is 2. The SMILES string of the molecule is OCCNc1nc(NC2CCCC2)nc2ccccc12. The maximum absolute atomic E-state index is 8.98. The fraction of sp³-hybridized carbons (Fsp3) is 0.467. The van der Waals surface area contributed by atoms with Gasteiger partial charge in [-0.3, -0.25) is 0 Å². The number of para-hydroxylation sites is 1. The molecule has 0 amide bonds. The Hall–Kier alpha value is -1.88. The highest BCUT2D eigenvalue weighted by Gasteiger charge is 2.16. The quantitative estimate of drug-likeness (QED) is 0.779. The molecule has 0 bridgehead atoms. The second-order valence-electron chi connectivity index (χ2n) is 5.19. The first kappa shape index (κ1) is 13.1. The molecule has 0 aliphatic heterocycles. The largest absolute Gasteiger partial charge is 0.395 e. The van der Waals surface area contributed by atoms with Gasteiger partial charge in [-0.15, -0.1) is 0 Å². The molecule has 1 aliphatic rings. The fourth-order valence-corrected chi connectivity index (χ4v) is 2.70. The van der Waals surface area contributed by atoms with Crippen molar-refractivity contribution in [1.29, 1.82) is 0 Å². The lowest BCUT2D eigenvalue weighted by molar-refractivity contribution is 0.311. The molecule has 3 N–H and O–H groups in total. The Morgan fingerprint density at radius 3 is 2.75 bits per heavy atom. The van der Waals surface area contributed by atoms with Gasteiger partial charge in [-0.05, 0) is 25.0 Å². The number of rotatable bonds is 5. The summed E-state index contributed by atoms with van der Waals surface area (Å²) in [6.07, 6.45) is 4.94. The van der Waals surface area contributed by atoms with E-state index >= 15 is 0 Å². The maximum atomic E-state index is 8.98. The molecule has 20 heavy (non-hydrogen) atoms. The zero-order chi connectivity index (χ0) is 13.8. The van der Waals surface area contributed by atoms with Gasteiger partial charge in [-0.25, -0.2) is 4.98 Å². The van der Waals surface area contributed by atoms with Crippen molar-refractivity contribution in [2.75, 3.05) is 23.8 Å². The van der Waals surface area contributed by atoms with Crippen molar-refractivity contribution in [3.05, 3.63) is 24.3 Å². The van der Waals surface area contributed by atoms with Gasteiger partial charge in [-0.2, -0.15) is 4.98 Å². The van der Waals surface area contributed by atoms with Crippen LogP contribution in [0.15, 0.2) is 24.3 Å². The van der Waals surface area contributed by atoms with Crippen molar-refractivity contribution in [1.82, 2.24) is 9.97 Å².